The van der Waals surface area contributed by atoms with Crippen LogP contribution in [-0.2, 0) is 0 Å². The second-order valence-electron chi connectivity index (χ2n) is 3.44. The first-order chi connectivity index (χ1) is 8.54. The van der Waals surface area contributed by atoms with Crippen molar-refractivity contribution >= 4 is 41.1 Å². The lowest BCUT2D eigenvalue weighted by molar-refractivity contribution is 0.112. The molecule has 0 amide bonds. The van der Waals surface area contributed by atoms with E-state index < -0.39 is 5.82 Å². The molecule has 0 saturated heterocycles. The monoisotopic (exact) mass is 303 g/mol. The number of hydrogen-bond donors (Lipinski definition) is 0. The second-order valence-corrected chi connectivity index (χ2v) is 4.63. The van der Waals surface area contributed by atoms with Crippen LogP contribution in [0.4, 0.5) is 4.39 Å². The topological polar surface area (TPSA) is 30.0 Å². The molecule has 0 spiro atoms. The van der Waals surface area contributed by atoms with Gasteiger partial charge in [0.2, 0.25) is 0 Å². The van der Waals surface area contributed by atoms with Crippen LogP contribution in [0, 0.1) is 5.82 Å². The molecule has 0 unspecified atom stereocenters. The van der Waals surface area contributed by atoms with Crippen LogP contribution in [0.1, 0.15) is 10.4 Å². The molecule has 6 heteroatoms. The highest BCUT2D eigenvalue weighted by atomic mass is 35.5. The number of pyridine rings is 1. The van der Waals surface area contributed by atoms with Crippen molar-refractivity contribution in [2.75, 3.05) is 0 Å². The lowest BCUT2D eigenvalue weighted by atomic mass is 10.1. The molecule has 2 aromatic rings. The van der Waals surface area contributed by atoms with Gasteiger partial charge in [0, 0.05) is 17.3 Å². The highest BCUT2D eigenvalue weighted by molar-refractivity contribution is 6.46. The third-order valence-electron chi connectivity index (χ3n) is 2.28. The minimum atomic E-state index is -0.689. The number of nitrogens with zero attached hydrogens (tertiary/aromatic N) is 1. The van der Waals surface area contributed by atoms with Crippen molar-refractivity contribution in [1.82, 2.24) is 4.98 Å². The first-order valence-electron chi connectivity index (χ1n) is 4.79. The molecule has 0 aliphatic carbocycles. The SMILES string of the molecule is O=Cc1cnc(-c2c(Cl)ccc(Cl)c2Cl)c(F)c1. The molecule has 0 bridgehead atoms. The van der Waals surface area contributed by atoms with Crippen molar-refractivity contribution in [2.24, 2.45) is 0 Å². The molecular formula is C12H5Cl3FNO. The largest absolute Gasteiger partial charge is 0.298 e. The lowest BCUT2D eigenvalue weighted by Gasteiger charge is -2.09. The molecular weight excluding hydrogens is 299 g/mol. The van der Waals surface area contributed by atoms with Gasteiger partial charge in [0.05, 0.1) is 15.1 Å². The summed E-state index contributed by atoms with van der Waals surface area (Å²) < 4.78 is 13.8. The third kappa shape index (κ3) is 2.34. The summed E-state index contributed by atoms with van der Waals surface area (Å²) in [5.74, 6) is -0.689. The quantitative estimate of drug-likeness (QED) is 0.596. The van der Waals surface area contributed by atoms with E-state index in [1.54, 1.807) is 0 Å². The van der Waals surface area contributed by atoms with E-state index in [1.165, 1.54) is 18.3 Å². The average Bonchev–Trinajstić information content (AvgIpc) is 2.36. The van der Waals surface area contributed by atoms with Crippen LogP contribution in [-0.4, -0.2) is 11.3 Å². The van der Waals surface area contributed by atoms with Crippen molar-refractivity contribution in [3.63, 3.8) is 0 Å². The summed E-state index contributed by atoms with van der Waals surface area (Å²) in [5, 5.41) is 0.598. The number of rotatable bonds is 2. The van der Waals surface area contributed by atoms with Gasteiger partial charge in [-0.1, -0.05) is 34.8 Å². The Kier molecular flexibility index (Phi) is 3.85. The molecule has 1 heterocycles. The van der Waals surface area contributed by atoms with Gasteiger partial charge in [0.25, 0.3) is 0 Å². The van der Waals surface area contributed by atoms with E-state index in [1.807, 2.05) is 0 Å². The van der Waals surface area contributed by atoms with E-state index in [4.69, 9.17) is 34.8 Å². The van der Waals surface area contributed by atoms with Crippen molar-refractivity contribution < 1.29 is 9.18 Å². The maximum absolute atomic E-state index is 13.8. The fourth-order valence-corrected chi connectivity index (χ4v) is 2.15. The Labute approximate surface area is 117 Å². The van der Waals surface area contributed by atoms with Crippen molar-refractivity contribution in [2.45, 2.75) is 0 Å². The Balaban J connectivity index is 2.69. The highest BCUT2D eigenvalue weighted by Gasteiger charge is 2.17. The van der Waals surface area contributed by atoms with Crippen molar-refractivity contribution in [3.8, 4) is 11.3 Å². The van der Waals surface area contributed by atoms with Crippen molar-refractivity contribution in [1.29, 1.82) is 0 Å². The molecule has 0 N–H and O–H groups in total. The number of hydrogen-bond acceptors (Lipinski definition) is 2. The van der Waals surface area contributed by atoms with Gasteiger partial charge in [-0.2, -0.15) is 0 Å². The van der Waals surface area contributed by atoms with Gasteiger partial charge >= 0.3 is 0 Å². The van der Waals surface area contributed by atoms with Gasteiger partial charge in [-0.3, -0.25) is 9.78 Å². The standard InChI is InChI=1S/C12H5Cl3FNO/c13-7-1-2-8(14)11(15)10(7)12-9(16)3-6(5-18)4-17-12/h1-5H. The first kappa shape index (κ1) is 13.3. The molecule has 1 aromatic heterocycles. The minimum absolute atomic E-state index is 0.0434. The third-order valence-corrected chi connectivity index (χ3v) is 3.40. The zero-order valence-electron chi connectivity index (χ0n) is 8.75. The highest BCUT2D eigenvalue weighted by Crippen LogP contribution is 2.39. The number of aldehydes is 1. The summed E-state index contributed by atoms with van der Waals surface area (Å²) in [5.41, 5.74) is 0.296. The van der Waals surface area contributed by atoms with E-state index in [-0.39, 0.29) is 31.9 Å². The summed E-state index contributed by atoms with van der Waals surface area (Å²) in [6, 6.07) is 4.07. The molecule has 92 valence electrons. The van der Waals surface area contributed by atoms with Crippen LogP contribution >= 0.6 is 34.8 Å². The van der Waals surface area contributed by atoms with E-state index in [2.05, 4.69) is 4.98 Å². The molecule has 0 saturated carbocycles. The van der Waals surface area contributed by atoms with Crippen LogP contribution < -0.4 is 0 Å². The maximum atomic E-state index is 13.8. The van der Waals surface area contributed by atoms with Crippen LogP contribution in [0.5, 0.6) is 0 Å². The predicted molar refractivity (Wildman–Crippen MR) is 70.0 cm³/mol. The van der Waals surface area contributed by atoms with Gasteiger partial charge in [0.15, 0.2) is 6.29 Å². The Morgan fingerprint density at radius 1 is 1.17 bits per heavy atom. The summed E-state index contributed by atoms with van der Waals surface area (Å²) in [6.45, 7) is 0. The van der Waals surface area contributed by atoms with E-state index in [0.29, 0.717) is 6.29 Å². The van der Waals surface area contributed by atoms with E-state index in [9.17, 15) is 9.18 Å². The number of benzene rings is 1. The normalized spacial score (nSPS) is 10.4. The van der Waals surface area contributed by atoms with Crippen LogP contribution in [0.2, 0.25) is 15.1 Å². The molecule has 1 aromatic carbocycles. The maximum Gasteiger partial charge on any atom is 0.151 e. The molecule has 0 radical (unpaired) electrons. The molecule has 0 aliphatic heterocycles. The Hall–Kier alpha value is -1.16. The van der Waals surface area contributed by atoms with Gasteiger partial charge in [-0.25, -0.2) is 4.39 Å². The van der Waals surface area contributed by atoms with Gasteiger partial charge in [-0.05, 0) is 18.2 Å². The number of aromatic nitrogens is 1. The molecule has 0 fully saturated rings. The van der Waals surface area contributed by atoms with Crippen molar-refractivity contribution in [3.05, 3.63) is 50.8 Å². The van der Waals surface area contributed by atoms with Crippen LogP contribution in [0.25, 0.3) is 11.3 Å². The Bertz CT molecular complexity index is 631. The molecule has 18 heavy (non-hydrogen) atoms. The smallest absolute Gasteiger partial charge is 0.151 e. The summed E-state index contributed by atoms with van der Waals surface area (Å²) >= 11 is 17.8. The van der Waals surface area contributed by atoms with Crippen LogP contribution in [0.3, 0.4) is 0 Å². The Morgan fingerprint density at radius 2 is 1.83 bits per heavy atom. The fourth-order valence-electron chi connectivity index (χ4n) is 1.45. The van der Waals surface area contributed by atoms with Gasteiger partial charge < -0.3 is 0 Å². The minimum Gasteiger partial charge on any atom is -0.298 e. The summed E-state index contributed by atoms with van der Waals surface area (Å²) in [7, 11) is 0. The van der Waals surface area contributed by atoms with Gasteiger partial charge in [-0.15, -0.1) is 0 Å². The zero-order valence-corrected chi connectivity index (χ0v) is 11.0. The zero-order chi connectivity index (χ0) is 13.3. The van der Waals surface area contributed by atoms with Crippen LogP contribution in [0.15, 0.2) is 24.4 Å². The molecule has 0 atom stereocenters. The van der Waals surface area contributed by atoms with E-state index >= 15 is 0 Å². The lowest BCUT2D eigenvalue weighted by Crippen LogP contribution is -1.94. The van der Waals surface area contributed by atoms with E-state index in [0.717, 1.165) is 6.07 Å². The molecule has 0 aliphatic rings. The predicted octanol–water partition coefficient (Wildman–Crippen LogP) is 4.66. The number of carbonyl (C=O) groups excluding carboxylic acids is 1. The average molecular weight is 305 g/mol. The fraction of sp³-hybridized carbons (Fsp3) is 0. The first-order valence-corrected chi connectivity index (χ1v) is 5.92. The summed E-state index contributed by atoms with van der Waals surface area (Å²) in [6.07, 6.45) is 1.74. The molecule has 2 nitrogen and oxygen atoms in total. The second kappa shape index (κ2) is 5.22. The molecule has 2 rings (SSSR count). The number of carbonyl (C=O) groups is 1. The number of halogens is 4. The Morgan fingerprint density at radius 3 is 2.44 bits per heavy atom. The van der Waals surface area contributed by atoms with Gasteiger partial charge in [0.1, 0.15) is 11.5 Å². The summed E-state index contributed by atoms with van der Waals surface area (Å²) in [4.78, 5) is 14.4.